The van der Waals surface area contributed by atoms with E-state index in [4.69, 9.17) is 4.74 Å². The van der Waals surface area contributed by atoms with E-state index < -0.39 is 21.6 Å². The molecule has 1 amide bonds. The van der Waals surface area contributed by atoms with E-state index >= 15 is 0 Å². The summed E-state index contributed by atoms with van der Waals surface area (Å²) in [5.41, 5.74) is 4.30. The van der Waals surface area contributed by atoms with Crippen LogP contribution in [-0.2, 0) is 21.4 Å². The van der Waals surface area contributed by atoms with Crippen LogP contribution in [0.1, 0.15) is 73.2 Å². The Balaban J connectivity index is 1.71. The van der Waals surface area contributed by atoms with Crippen molar-refractivity contribution < 1.29 is 22.7 Å². The molecule has 9 heteroatoms. The van der Waals surface area contributed by atoms with Crippen molar-refractivity contribution in [1.29, 1.82) is 0 Å². The first kappa shape index (κ1) is 28.4. The number of amides is 1. The summed E-state index contributed by atoms with van der Waals surface area (Å²) < 4.78 is 34.6. The highest BCUT2D eigenvalue weighted by molar-refractivity contribution is 7.89. The van der Waals surface area contributed by atoms with Crippen LogP contribution < -0.4 is 10.1 Å². The topological polar surface area (TPSA) is 97.7 Å². The van der Waals surface area contributed by atoms with Crippen molar-refractivity contribution in [3.8, 4) is 17.0 Å². The van der Waals surface area contributed by atoms with Gasteiger partial charge in [0.25, 0.3) is 0 Å². The molecule has 2 bridgehead atoms. The third-order valence-corrected chi connectivity index (χ3v) is 10.1. The van der Waals surface area contributed by atoms with Gasteiger partial charge in [-0.2, -0.15) is 0 Å². The number of ketones is 1. The first-order chi connectivity index (χ1) is 19.3. The standard InChI is InChI=1S/C31H39N3O5S/c1-33-18-8-4-7-17-32-29(36)20-34-27-19-24(28(35)21-40(33,37)38)13-16-26(27)30(22-9-5-3-6-10-22)31(34)23-11-14-25(39-2)15-12-23/h11-16,19,22H,3-10,17-18,20-21H2,1-2H3,(H,32,36). The number of hydrogen-bond donors (Lipinski definition) is 1. The summed E-state index contributed by atoms with van der Waals surface area (Å²) in [4.78, 5) is 26.6. The molecule has 214 valence electrons. The Labute approximate surface area is 236 Å². The summed E-state index contributed by atoms with van der Waals surface area (Å²) in [7, 11) is -0.567. The number of hydrogen-bond acceptors (Lipinski definition) is 5. The number of carbonyl (C=O) groups is 2. The molecule has 0 saturated heterocycles. The SMILES string of the molecule is COc1ccc(-c2c(C3CCCCC3)c3ccc4cc3n2CC(=O)NCCCCCN(C)S(=O)(=O)CC4=O)cc1. The van der Waals surface area contributed by atoms with Crippen molar-refractivity contribution in [2.45, 2.75) is 63.8 Å². The lowest BCUT2D eigenvalue weighted by Gasteiger charge is -2.24. The van der Waals surface area contributed by atoms with Crippen LogP contribution in [0.15, 0.2) is 42.5 Å². The molecule has 0 atom stereocenters. The maximum absolute atomic E-state index is 13.3. The predicted molar refractivity (Wildman–Crippen MR) is 157 cm³/mol. The number of ether oxygens (including phenoxy) is 1. The monoisotopic (exact) mass is 565 g/mol. The van der Waals surface area contributed by atoms with Gasteiger partial charge >= 0.3 is 0 Å². The van der Waals surface area contributed by atoms with Crippen molar-refractivity contribution in [1.82, 2.24) is 14.2 Å². The summed E-state index contributed by atoms with van der Waals surface area (Å²) in [5.74, 6) is -0.00309. The molecule has 2 heterocycles. The Morgan fingerprint density at radius 2 is 1.60 bits per heavy atom. The predicted octanol–water partition coefficient (Wildman–Crippen LogP) is 5.11. The third kappa shape index (κ3) is 5.95. The summed E-state index contributed by atoms with van der Waals surface area (Å²) in [5, 5.41) is 4.08. The Morgan fingerprint density at radius 3 is 2.33 bits per heavy atom. The molecule has 0 spiro atoms. The molecule has 40 heavy (non-hydrogen) atoms. The van der Waals surface area contributed by atoms with Gasteiger partial charge in [-0.1, -0.05) is 37.8 Å². The van der Waals surface area contributed by atoms with Crippen LogP contribution in [0, 0.1) is 0 Å². The molecule has 3 aromatic rings. The summed E-state index contributed by atoms with van der Waals surface area (Å²) >= 11 is 0. The first-order valence-corrected chi connectivity index (χ1v) is 15.9. The summed E-state index contributed by atoms with van der Waals surface area (Å²) in [6.07, 6.45) is 7.87. The molecular formula is C31H39N3O5S. The van der Waals surface area contributed by atoms with Crippen molar-refractivity contribution in [3.63, 3.8) is 0 Å². The summed E-state index contributed by atoms with van der Waals surface area (Å²) in [6.45, 7) is 0.996. The number of carbonyl (C=O) groups excluding carboxylic acids is 2. The van der Waals surface area contributed by atoms with E-state index in [0.717, 1.165) is 66.4 Å². The van der Waals surface area contributed by atoms with Crippen LogP contribution in [0.3, 0.4) is 0 Å². The first-order valence-electron chi connectivity index (χ1n) is 14.3. The normalized spacial score (nSPS) is 20.1. The van der Waals surface area contributed by atoms with Gasteiger partial charge in [0.15, 0.2) is 5.78 Å². The van der Waals surface area contributed by atoms with Crippen LogP contribution >= 0.6 is 0 Å². The maximum atomic E-state index is 13.3. The molecular weight excluding hydrogens is 526 g/mol. The van der Waals surface area contributed by atoms with E-state index in [0.29, 0.717) is 31.0 Å². The third-order valence-electron chi connectivity index (χ3n) is 8.36. The van der Waals surface area contributed by atoms with Gasteiger partial charge in [-0.3, -0.25) is 9.59 Å². The Bertz CT molecular complexity index is 1490. The molecule has 8 nitrogen and oxygen atoms in total. The molecule has 1 N–H and O–H groups in total. The van der Waals surface area contributed by atoms with Crippen molar-refractivity contribution in [2.75, 3.05) is 33.0 Å². The highest BCUT2D eigenvalue weighted by Gasteiger charge is 2.29. The fourth-order valence-corrected chi connectivity index (χ4v) is 7.27. The average molecular weight is 566 g/mol. The van der Waals surface area contributed by atoms with Crippen molar-refractivity contribution in [3.05, 3.63) is 53.6 Å². The van der Waals surface area contributed by atoms with Gasteiger partial charge in [-0.25, -0.2) is 12.7 Å². The fourth-order valence-electron chi connectivity index (χ4n) is 6.14. The van der Waals surface area contributed by atoms with E-state index in [2.05, 4.69) is 5.32 Å². The molecule has 1 fully saturated rings. The van der Waals surface area contributed by atoms with Gasteiger partial charge in [0.05, 0.1) is 12.8 Å². The molecule has 1 aromatic heterocycles. The van der Waals surface area contributed by atoms with Gasteiger partial charge in [0, 0.05) is 36.6 Å². The van der Waals surface area contributed by atoms with E-state index in [-0.39, 0.29) is 12.5 Å². The van der Waals surface area contributed by atoms with E-state index in [1.165, 1.54) is 23.3 Å². The lowest BCUT2D eigenvalue weighted by molar-refractivity contribution is -0.121. The van der Waals surface area contributed by atoms with Crippen LogP contribution in [-0.4, -0.2) is 62.0 Å². The van der Waals surface area contributed by atoms with Crippen LogP contribution in [0.5, 0.6) is 5.75 Å². The van der Waals surface area contributed by atoms with Crippen LogP contribution in [0.4, 0.5) is 0 Å². The zero-order valence-corrected chi connectivity index (χ0v) is 24.3. The number of Topliss-reactive ketones (excluding diaryl/α,β-unsaturated/α-hetero) is 1. The molecule has 1 aliphatic heterocycles. The second-order valence-electron chi connectivity index (χ2n) is 11.1. The van der Waals surface area contributed by atoms with E-state index in [1.54, 1.807) is 19.2 Å². The fraction of sp³-hybridized carbons (Fsp3) is 0.484. The highest BCUT2D eigenvalue weighted by atomic mass is 32.2. The Morgan fingerprint density at radius 1 is 0.900 bits per heavy atom. The number of nitrogens with one attached hydrogen (secondary N) is 1. The second-order valence-corrected chi connectivity index (χ2v) is 13.1. The van der Waals surface area contributed by atoms with Gasteiger partial charge < -0.3 is 14.6 Å². The minimum atomic E-state index is -3.73. The molecule has 0 radical (unpaired) electrons. The molecule has 0 unspecified atom stereocenters. The zero-order chi connectivity index (χ0) is 28.3. The van der Waals surface area contributed by atoms with E-state index in [9.17, 15) is 18.0 Å². The summed E-state index contributed by atoms with van der Waals surface area (Å²) in [6, 6.07) is 13.4. The number of nitrogens with zero attached hydrogens (tertiary/aromatic N) is 2. The van der Waals surface area contributed by atoms with E-state index in [1.807, 2.05) is 34.9 Å². The average Bonchev–Trinajstić information content (AvgIpc) is 3.27. The van der Waals surface area contributed by atoms with Crippen LogP contribution in [0.2, 0.25) is 0 Å². The largest absolute Gasteiger partial charge is 0.497 e. The minimum Gasteiger partial charge on any atom is -0.497 e. The number of rotatable bonds is 3. The van der Waals surface area contributed by atoms with Gasteiger partial charge in [-0.15, -0.1) is 0 Å². The quantitative estimate of drug-likeness (QED) is 0.476. The molecule has 1 aliphatic carbocycles. The van der Waals surface area contributed by atoms with Gasteiger partial charge in [-0.05, 0) is 73.1 Å². The molecule has 1 saturated carbocycles. The number of aromatic nitrogens is 1. The number of methoxy groups -OCH3 is 1. The second kappa shape index (κ2) is 12.1. The highest BCUT2D eigenvalue weighted by Crippen LogP contribution is 2.44. The van der Waals surface area contributed by atoms with Gasteiger partial charge in [0.1, 0.15) is 18.0 Å². The molecule has 2 aliphatic rings. The lowest BCUT2D eigenvalue weighted by Crippen LogP contribution is -2.33. The number of fused-ring (bicyclic) bond motifs is 1. The lowest BCUT2D eigenvalue weighted by atomic mass is 9.81. The Kier molecular flexibility index (Phi) is 8.61. The van der Waals surface area contributed by atoms with Gasteiger partial charge in [0.2, 0.25) is 15.9 Å². The van der Waals surface area contributed by atoms with Crippen LogP contribution in [0.25, 0.3) is 22.2 Å². The zero-order valence-electron chi connectivity index (χ0n) is 23.4. The smallest absolute Gasteiger partial charge is 0.239 e. The number of sulfonamides is 1. The number of benzene rings is 2. The van der Waals surface area contributed by atoms with Crippen molar-refractivity contribution in [2.24, 2.45) is 0 Å². The van der Waals surface area contributed by atoms with Crippen molar-refractivity contribution >= 4 is 32.6 Å². The maximum Gasteiger partial charge on any atom is 0.239 e. The minimum absolute atomic E-state index is 0.0784. The Hall–Kier alpha value is -3.17. The molecule has 5 rings (SSSR count). The molecule has 2 aromatic carbocycles.